The molecule has 2 nitrogen and oxygen atoms in total. The number of ether oxygens (including phenoxy) is 1. The van der Waals surface area contributed by atoms with Crippen LogP contribution in [0.5, 0.6) is 5.75 Å². The molecule has 2 rings (SSSR count). The van der Waals surface area contributed by atoms with Crippen LogP contribution in [0.4, 0.5) is 0 Å². The molecular weight excluding hydrogens is 224 g/mol. The fourth-order valence-electron chi connectivity index (χ4n) is 2.60. The first-order valence-electron chi connectivity index (χ1n) is 6.98. The van der Waals surface area contributed by atoms with E-state index in [0.29, 0.717) is 5.78 Å². The highest BCUT2D eigenvalue weighted by atomic mass is 16.5. The fourth-order valence-corrected chi connectivity index (χ4v) is 2.60. The predicted octanol–water partition coefficient (Wildman–Crippen LogP) is 4.24. The van der Waals surface area contributed by atoms with E-state index in [1.54, 1.807) is 0 Å². The SMILES string of the molecule is CC(C)Oc1cccc(C(=O)C2CCCCC2)c1. The van der Waals surface area contributed by atoms with Crippen molar-refractivity contribution in [2.45, 2.75) is 52.1 Å². The Morgan fingerprint density at radius 3 is 2.61 bits per heavy atom. The summed E-state index contributed by atoms with van der Waals surface area (Å²) in [5.74, 6) is 1.32. The maximum atomic E-state index is 12.4. The van der Waals surface area contributed by atoms with Crippen molar-refractivity contribution in [1.29, 1.82) is 0 Å². The zero-order chi connectivity index (χ0) is 13.0. The van der Waals surface area contributed by atoms with Gasteiger partial charge in [0.1, 0.15) is 5.75 Å². The predicted molar refractivity (Wildman–Crippen MR) is 73.1 cm³/mol. The number of Topliss-reactive ketones (excluding diaryl/α,β-unsaturated/α-hetero) is 1. The van der Waals surface area contributed by atoms with Gasteiger partial charge in [-0.1, -0.05) is 31.4 Å². The number of ketones is 1. The van der Waals surface area contributed by atoms with Gasteiger partial charge in [-0.15, -0.1) is 0 Å². The van der Waals surface area contributed by atoms with Gasteiger partial charge in [-0.2, -0.15) is 0 Å². The van der Waals surface area contributed by atoms with Crippen LogP contribution in [-0.2, 0) is 0 Å². The minimum atomic E-state index is 0.144. The number of carbonyl (C=O) groups excluding carboxylic acids is 1. The van der Waals surface area contributed by atoms with E-state index in [9.17, 15) is 4.79 Å². The van der Waals surface area contributed by atoms with Crippen molar-refractivity contribution in [3.63, 3.8) is 0 Å². The van der Waals surface area contributed by atoms with Crippen molar-refractivity contribution in [2.24, 2.45) is 5.92 Å². The van der Waals surface area contributed by atoms with Crippen molar-refractivity contribution in [2.75, 3.05) is 0 Å². The molecule has 0 radical (unpaired) electrons. The summed E-state index contributed by atoms with van der Waals surface area (Å²) < 4.78 is 5.64. The van der Waals surface area contributed by atoms with E-state index < -0.39 is 0 Å². The van der Waals surface area contributed by atoms with Gasteiger partial charge in [0, 0.05) is 11.5 Å². The molecule has 98 valence electrons. The van der Waals surface area contributed by atoms with E-state index in [0.717, 1.165) is 24.2 Å². The number of carbonyl (C=O) groups is 1. The quantitative estimate of drug-likeness (QED) is 0.743. The van der Waals surface area contributed by atoms with Crippen LogP contribution in [0.3, 0.4) is 0 Å². The summed E-state index contributed by atoms with van der Waals surface area (Å²) in [6, 6.07) is 7.62. The summed E-state index contributed by atoms with van der Waals surface area (Å²) in [6.07, 6.45) is 5.91. The first-order valence-corrected chi connectivity index (χ1v) is 6.98. The summed E-state index contributed by atoms with van der Waals surface area (Å²) >= 11 is 0. The molecule has 0 amide bonds. The Labute approximate surface area is 109 Å². The van der Waals surface area contributed by atoms with Crippen LogP contribution in [0, 0.1) is 5.92 Å². The van der Waals surface area contributed by atoms with E-state index in [-0.39, 0.29) is 12.0 Å². The van der Waals surface area contributed by atoms with E-state index in [2.05, 4.69) is 0 Å². The summed E-state index contributed by atoms with van der Waals surface area (Å²) in [5, 5.41) is 0. The summed E-state index contributed by atoms with van der Waals surface area (Å²) in [7, 11) is 0. The van der Waals surface area contributed by atoms with Crippen LogP contribution >= 0.6 is 0 Å². The molecule has 0 aromatic heterocycles. The third kappa shape index (κ3) is 3.34. The molecule has 0 spiro atoms. The van der Waals surface area contributed by atoms with Gasteiger partial charge in [0.2, 0.25) is 0 Å². The van der Waals surface area contributed by atoms with Crippen LogP contribution < -0.4 is 4.74 Å². The lowest BCUT2D eigenvalue weighted by atomic mass is 9.84. The Balaban J connectivity index is 2.09. The molecule has 0 aliphatic heterocycles. The number of hydrogen-bond acceptors (Lipinski definition) is 2. The second-order valence-electron chi connectivity index (χ2n) is 5.39. The second kappa shape index (κ2) is 6.03. The highest BCUT2D eigenvalue weighted by molar-refractivity contribution is 5.98. The molecule has 0 saturated heterocycles. The lowest BCUT2D eigenvalue weighted by molar-refractivity contribution is 0.0889. The first kappa shape index (κ1) is 13.1. The molecule has 0 heterocycles. The molecule has 0 N–H and O–H groups in total. The van der Waals surface area contributed by atoms with Crippen LogP contribution in [0.25, 0.3) is 0 Å². The molecule has 0 bridgehead atoms. The molecule has 1 saturated carbocycles. The van der Waals surface area contributed by atoms with Crippen LogP contribution in [-0.4, -0.2) is 11.9 Å². The van der Waals surface area contributed by atoms with Gasteiger partial charge in [0.05, 0.1) is 6.10 Å². The molecule has 18 heavy (non-hydrogen) atoms. The minimum Gasteiger partial charge on any atom is -0.491 e. The van der Waals surface area contributed by atoms with Crippen LogP contribution in [0.15, 0.2) is 24.3 Å². The Bertz CT molecular complexity index is 403. The molecule has 2 heteroatoms. The maximum absolute atomic E-state index is 12.4. The smallest absolute Gasteiger partial charge is 0.166 e. The first-order chi connectivity index (χ1) is 8.66. The molecule has 1 aromatic rings. The fraction of sp³-hybridized carbons (Fsp3) is 0.562. The normalized spacial score (nSPS) is 16.8. The van der Waals surface area contributed by atoms with Gasteiger partial charge in [-0.25, -0.2) is 0 Å². The van der Waals surface area contributed by atoms with E-state index in [1.165, 1.54) is 19.3 Å². The van der Waals surface area contributed by atoms with Crippen molar-refractivity contribution in [1.82, 2.24) is 0 Å². The number of rotatable bonds is 4. The highest BCUT2D eigenvalue weighted by Crippen LogP contribution is 2.28. The van der Waals surface area contributed by atoms with E-state index in [4.69, 9.17) is 4.74 Å². The van der Waals surface area contributed by atoms with Gasteiger partial charge < -0.3 is 4.74 Å². The second-order valence-corrected chi connectivity index (χ2v) is 5.39. The third-order valence-electron chi connectivity index (χ3n) is 3.47. The Kier molecular flexibility index (Phi) is 4.40. The van der Waals surface area contributed by atoms with Gasteiger partial charge in [-0.05, 0) is 38.8 Å². The molecule has 1 aromatic carbocycles. The van der Waals surface area contributed by atoms with E-state index >= 15 is 0 Å². The zero-order valence-corrected chi connectivity index (χ0v) is 11.3. The van der Waals surface area contributed by atoms with Crippen LogP contribution in [0.1, 0.15) is 56.3 Å². The largest absolute Gasteiger partial charge is 0.491 e. The van der Waals surface area contributed by atoms with Gasteiger partial charge in [-0.3, -0.25) is 4.79 Å². The highest BCUT2D eigenvalue weighted by Gasteiger charge is 2.22. The zero-order valence-electron chi connectivity index (χ0n) is 11.3. The van der Waals surface area contributed by atoms with Crippen molar-refractivity contribution in [3.05, 3.63) is 29.8 Å². The van der Waals surface area contributed by atoms with Crippen molar-refractivity contribution < 1.29 is 9.53 Å². The maximum Gasteiger partial charge on any atom is 0.166 e. The van der Waals surface area contributed by atoms with Gasteiger partial charge in [0.25, 0.3) is 0 Å². The third-order valence-corrected chi connectivity index (χ3v) is 3.47. The lowest BCUT2D eigenvalue weighted by Gasteiger charge is -2.20. The molecule has 1 aliphatic rings. The van der Waals surface area contributed by atoms with Crippen LogP contribution in [0.2, 0.25) is 0 Å². The molecule has 0 atom stereocenters. The molecule has 1 aliphatic carbocycles. The lowest BCUT2D eigenvalue weighted by Crippen LogP contribution is -2.18. The van der Waals surface area contributed by atoms with Gasteiger partial charge in [0.15, 0.2) is 5.78 Å². The summed E-state index contributed by atoms with van der Waals surface area (Å²) in [5.41, 5.74) is 0.806. The molecule has 1 fully saturated rings. The number of hydrogen-bond donors (Lipinski definition) is 0. The standard InChI is InChI=1S/C16H22O2/c1-12(2)18-15-10-6-9-14(11-15)16(17)13-7-4-3-5-8-13/h6,9-13H,3-5,7-8H2,1-2H3. The van der Waals surface area contributed by atoms with Crippen molar-refractivity contribution in [3.8, 4) is 5.75 Å². The van der Waals surface area contributed by atoms with E-state index in [1.807, 2.05) is 38.1 Å². The Hall–Kier alpha value is -1.31. The molecular formula is C16H22O2. The molecule has 0 unspecified atom stereocenters. The van der Waals surface area contributed by atoms with Gasteiger partial charge >= 0.3 is 0 Å². The minimum absolute atomic E-state index is 0.144. The average molecular weight is 246 g/mol. The summed E-state index contributed by atoms with van der Waals surface area (Å²) in [4.78, 5) is 12.4. The number of benzene rings is 1. The Morgan fingerprint density at radius 2 is 1.94 bits per heavy atom. The summed E-state index contributed by atoms with van der Waals surface area (Å²) in [6.45, 7) is 3.99. The monoisotopic (exact) mass is 246 g/mol. The van der Waals surface area contributed by atoms with Crippen molar-refractivity contribution >= 4 is 5.78 Å². The Morgan fingerprint density at radius 1 is 1.22 bits per heavy atom. The topological polar surface area (TPSA) is 26.3 Å². The average Bonchev–Trinajstić information content (AvgIpc) is 2.38.